The van der Waals surface area contributed by atoms with Crippen LogP contribution in [0.4, 0.5) is 5.82 Å². The summed E-state index contributed by atoms with van der Waals surface area (Å²) in [7, 11) is 1.85. The highest BCUT2D eigenvalue weighted by molar-refractivity contribution is 6.30. The van der Waals surface area contributed by atoms with Crippen LogP contribution in [0, 0.1) is 6.92 Å². The Hall–Kier alpha value is -2.08. The van der Waals surface area contributed by atoms with Crippen molar-refractivity contribution in [2.24, 2.45) is 0 Å². The van der Waals surface area contributed by atoms with Crippen LogP contribution in [-0.2, 0) is 4.79 Å². The fraction of sp³-hybridized carbons (Fsp3) is 0.438. The van der Waals surface area contributed by atoms with Gasteiger partial charge in [-0.25, -0.2) is 4.98 Å². The van der Waals surface area contributed by atoms with Gasteiger partial charge in [0.15, 0.2) is 5.76 Å². The van der Waals surface area contributed by atoms with Gasteiger partial charge >= 0.3 is 0 Å². The van der Waals surface area contributed by atoms with Gasteiger partial charge < -0.3 is 14.3 Å². The molecule has 122 valence electrons. The zero-order valence-electron chi connectivity index (χ0n) is 13.2. The first-order valence-corrected chi connectivity index (χ1v) is 7.98. The molecule has 1 unspecified atom stereocenters. The summed E-state index contributed by atoms with van der Waals surface area (Å²) in [5.74, 6) is 1.54. The van der Waals surface area contributed by atoms with Crippen molar-refractivity contribution in [2.75, 3.05) is 25.0 Å². The van der Waals surface area contributed by atoms with E-state index in [9.17, 15) is 4.79 Å². The smallest absolute Gasteiger partial charge is 0.242 e. The van der Waals surface area contributed by atoms with Crippen LogP contribution in [0.1, 0.15) is 30.3 Å². The first kappa shape index (κ1) is 15.8. The number of likely N-dealkylation sites (tertiary alicyclic amines) is 1. The van der Waals surface area contributed by atoms with Crippen molar-refractivity contribution in [3.05, 3.63) is 40.9 Å². The normalized spacial score (nSPS) is 17.5. The largest absolute Gasteiger partial charge is 0.359 e. The zero-order valence-corrected chi connectivity index (χ0v) is 14.0. The van der Waals surface area contributed by atoms with Gasteiger partial charge in [0.2, 0.25) is 5.91 Å². The number of pyridine rings is 1. The van der Waals surface area contributed by atoms with Gasteiger partial charge in [0.05, 0.1) is 23.3 Å². The summed E-state index contributed by atoms with van der Waals surface area (Å²) in [4.78, 5) is 20.6. The number of hydrogen-bond acceptors (Lipinski definition) is 5. The van der Waals surface area contributed by atoms with Gasteiger partial charge in [-0.1, -0.05) is 16.8 Å². The summed E-state index contributed by atoms with van der Waals surface area (Å²) in [6.45, 7) is 2.89. The van der Waals surface area contributed by atoms with Crippen LogP contribution in [0.2, 0.25) is 5.02 Å². The Morgan fingerprint density at radius 2 is 2.35 bits per heavy atom. The van der Waals surface area contributed by atoms with Crippen LogP contribution >= 0.6 is 11.6 Å². The highest BCUT2D eigenvalue weighted by Gasteiger charge is 2.32. The molecule has 1 atom stereocenters. The minimum atomic E-state index is -0.0183. The molecule has 0 saturated carbocycles. The van der Waals surface area contributed by atoms with Crippen molar-refractivity contribution >= 4 is 23.3 Å². The van der Waals surface area contributed by atoms with Crippen LogP contribution in [0.15, 0.2) is 28.9 Å². The molecule has 1 fully saturated rings. The van der Waals surface area contributed by atoms with Gasteiger partial charge in [-0.3, -0.25) is 4.79 Å². The van der Waals surface area contributed by atoms with Crippen molar-refractivity contribution in [3.8, 4) is 0 Å². The molecular weight excluding hydrogens is 316 g/mol. The molecule has 23 heavy (non-hydrogen) atoms. The SMILES string of the molecule is Cc1cc(C2CCCN2C(=O)CN(C)c2ccc(Cl)cn2)on1. The monoisotopic (exact) mass is 334 g/mol. The third kappa shape index (κ3) is 3.47. The lowest BCUT2D eigenvalue weighted by Gasteiger charge is -2.26. The quantitative estimate of drug-likeness (QED) is 0.860. The summed E-state index contributed by atoms with van der Waals surface area (Å²) in [5.41, 5.74) is 0.835. The Morgan fingerprint density at radius 1 is 1.52 bits per heavy atom. The van der Waals surface area contributed by atoms with E-state index in [1.165, 1.54) is 0 Å². The lowest BCUT2D eigenvalue weighted by Crippen LogP contribution is -2.38. The highest BCUT2D eigenvalue weighted by atomic mass is 35.5. The minimum absolute atomic E-state index is 0.0183. The van der Waals surface area contributed by atoms with E-state index < -0.39 is 0 Å². The third-order valence-electron chi connectivity index (χ3n) is 4.02. The van der Waals surface area contributed by atoms with Crippen molar-refractivity contribution in [1.29, 1.82) is 0 Å². The van der Waals surface area contributed by atoms with Gasteiger partial charge in [0.1, 0.15) is 5.82 Å². The molecule has 2 aromatic rings. The number of amides is 1. The second-order valence-corrected chi connectivity index (χ2v) is 6.24. The van der Waals surface area contributed by atoms with E-state index in [4.69, 9.17) is 16.1 Å². The third-order valence-corrected chi connectivity index (χ3v) is 4.25. The molecule has 3 rings (SSSR count). The molecule has 0 radical (unpaired) electrons. The number of nitrogens with zero attached hydrogens (tertiary/aromatic N) is 4. The maximum Gasteiger partial charge on any atom is 0.242 e. The van der Waals surface area contributed by atoms with E-state index in [1.54, 1.807) is 18.3 Å². The molecule has 1 aliphatic heterocycles. The Labute approximate surface area is 140 Å². The van der Waals surface area contributed by atoms with Gasteiger partial charge in [0.25, 0.3) is 0 Å². The standard InChI is InChI=1S/C16H19ClN4O2/c1-11-8-14(23-19-11)13-4-3-7-21(13)16(22)10-20(2)15-6-5-12(17)9-18-15/h5-6,8-9,13H,3-4,7,10H2,1-2H3. The molecule has 1 amide bonds. The first-order chi connectivity index (χ1) is 11.0. The van der Waals surface area contributed by atoms with Crippen molar-refractivity contribution in [1.82, 2.24) is 15.0 Å². The van der Waals surface area contributed by atoms with Gasteiger partial charge in [-0.2, -0.15) is 0 Å². The predicted octanol–water partition coefficient (Wildman–Crippen LogP) is 2.83. The van der Waals surface area contributed by atoms with Gasteiger partial charge in [0, 0.05) is 25.9 Å². The number of carbonyl (C=O) groups is 1. The Balaban J connectivity index is 1.68. The van der Waals surface area contributed by atoms with Crippen molar-refractivity contribution < 1.29 is 9.32 Å². The van der Waals surface area contributed by atoms with Crippen LogP contribution in [0.3, 0.4) is 0 Å². The number of rotatable bonds is 4. The topological polar surface area (TPSA) is 62.5 Å². The molecule has 1 saturated heterocycles. The second kappa shape index (κ2) is 6.58. The summed E-state index contributed by atoms with van der Waals surface area (Å²) in [6, 6.07) is 5.45. The predicted molar refractivity (Wildman–Crippen MR) is 87.4 cm³/mol. The average molecular weight is 335 g/mol. The first-order valence-electron chi connectivity index (χ1n) is 7.60. The molecule has 3 heterocycles. The van der Waals surface area contributed by atoms with Gasteiger partial charge in [-0.05, 0) is 31.9 Å². The summed E-state index contributed by atoms with van der Waals surface area (Å²) in [6.07, 6.45) is 3.45. The lowest BCUT2D eigenvalue weighted by molar-refractivity contribution is -0.130. The molecule has 6 nitrogen and oxygen atoms in total. The fourth-order valence-electron chi connectivity index (χ4n) is 2.87. The summed E-state index contributed by atoms with van der Waals surface area (Å²) >= 11 is 5.84. The number of anilines is 1. The van der Waals surface area contributed by atoms with Crippen molar-refractivity contribution in [2.45, 2.75) is 25.8 Å². The van der Waals surface area contributed by atoms with Gasteiger partial charge in [-0.15, -0.1) is 0 Å². The molecule has 0 aliphatic carbocycles. The fourth-order valence-corrected chi connectivity index (χ4v) is 2.98. The lowest BCUT2D eigenvalue weighted by atomic mass is 10.1. The van der Waals surface area contributed by atoms with Crippen LogP contribution in [0.25, 0.3) is 0 Å². The molecule has 0 bridgehead atoms. The molecule has 2 aromatic heterocycles. The number of aromatic nitrogens is 2. The Bertz CT molecular complexity index is 686. The van der Waals surface area contributed by atoms with E-state index in [1.807, 2.05) is 29.8 Å². The summed E-state index contributed by atoms with van der Waals surface area (Å²) in [5, 5.41) is 4.50. The Morgan fingerprint density at radius 3 is 3.00 bits per heavy atom. The van der Waals surface area contributed by atoms with Crippen LogP contribution in [-0.4, -0.2) is 41.1 Å². The number of likely N-dealkylation sites (N-methyl/N-ethyl adjacent to an activating group) is 1. The van der Waals surface area contributed by atoms with Crippen LogP contribution in [0.5, 0.6) is 0 Å². The molecular formula is C16H19ClN4O2. The summed E-state index contributed by atoms with van der Waals surface area (Å²) < 4.78 is 5.35. The minimum Gasteiger partial charge on any atom is -0.359 e. The highest BCUT2D eigenvalue weighted by Crippen LogP contribution is 2.32. The number of halogens is 1. The Kier molecular flexibility index (Phi) is 4.52. The van der Waals surface area contributed by atoms with E-state index in [0.717, 1.165) is 30.8 Å². The second-order valence-electron chi connectivity index (χ2n) is 5.81. The number of aryl methyl sites for hydroxylation is 1. The molecule has 0 N–H and O–H groups in total. The van der Waals surface area contributed by atoms with Crippen LogP contribution < -0.4 is 4.90 Å². The van der Waals surface area contributed by atoms with E-state index >= 15 is 0 Å². The number of carbonyl (C=O) groups excluding carboxylic acids is 1. The average Bonchev–Trinajstić information content (AvgIpc) is 3.16. The van der Waals surface area contributed by atoms with E-state index in [2.05, 4.69) is 10.1 Å². The molecule has 0 spiro atoms. The maximum atomic E-state index is 12.7. The molecule has 7 heteroatoms. The number of hydrogen-bond donors (Lipinski definition) is 0. The van der Waals surface area contributed by atoms with E-state index in [-0.39, 0.29) is 18.5 Å². The zero-order chi connectivity index (χ0) is 16.4. The van der Waals surface area contributed by atoms with E-state index in [0.29, 0.717) is 10.8 Å². The van der Waals surface area contributed by atoms with Crippen molar-refractivity contribution in [3.63, 3.8) is 0 Å². The molecule has 0 aromatic carbocycles. The molecule has 1 aliphatic rings. The maximum absolute atomic E-state index is 12.7.